The maximum atomic E-state index is 5.25. The van der Waals surface area contributed by atoms with Gasteiger partial charge in [-0.05, 0) is 30.8 Å². The number of hydrogen-bond acceptors (Lipinski definition) is 5. The largest absolute Gasteiger partial charge is 0.439 e. The molecule has 4 nitrogen and oxygen atoms in total. The number of aromatic nitrogens is 2. The molecule has 0 bridgehead atoms. The fraction of sp³-hybridized carbons (Fsp3) is 0.200. The second kappa shape index (κ2) is 4.35. The van der Waals surface area contributed by atoms with Gasteiger partial charge in [0.05, 0.1) is 5.69 Å². The van der Waals surface area contributed by atoms with E-state index in [1.165, 1.54) is 11.8 Å². The summed E-state index contributed by atoms with van der Waals surface area (Å²) >= 11 is 1.48. The Kier molecular flexibility index (Phi) is 2.91. The molecule has 0 atom stereocenters. The van der Waals surface area contributed by atoms with Crippen LogP contribution in [0, 0.1) is 6.92 Å². The van der Waals surface area contributed by atoms with Crippen molar-refractivity contribution in [3.05, 3.63) is 30.3 Å². The predicted molar refractivity (Wildman–Crippen MR) is 59.1 cm³/mol. The van der Waals surface area contributed by atoms with Crippen molar-refractivity contribution in [3.8, 4) is 0 Å². The number of rotatable bonds is 3. The van der Waals surface area contributed by atoms with Crippen molar-refractivity contribution in [3.63, 3.8) is 0 Å². The van der Waals surface area contributed by atoms with Crippen LogP contribution in [0.3, 0.4) is 0 Å². The smallest absolute Gasteiger partial charge is 0.260 e. The molecule has 0 aromatic carbocycles. The van der Waals surface area contributed by atoms with E-state index in [1.54, 1.807) is 12.5 Å². The molecule has 0 fully saturated rings. The van der Waals surface area contributed by atoms with E-state index in [2.05, 4.69) is 15.3 Å². The highest BCUT2D eigenvalue weighted by Gasteiger charge is 2.04. The first kappa shape index (κ1) is 10.0. The molecule has 2 aromatic heterocycles. The quantitative estimate of drug-likeness (QED) is 0.863. The van der Waals surface area contributed by atoms with E-state index in [1.807, 2.05) is 26.1 Å². The summed E-state index contributed by atoms with van der Waals surface area (Å²) in [7, 11) is 1.84. The van der Waals surface area contributed by atoms with Gasteiger partial charge in [-0.3, -0.25) is 0 Å². The first-order valence-electron chi connectivity index (χ1n) is 4.52. The van der Waals surface area contributed by atoms with Crippen LogP contribution in [0.15, 0.2) is 39.1 Å². The molecular weight excluding hydrogens is 210 g/mol. The van der Waals surface area contributed by atoms with E-state index >= 15 is 0 Å². The Hall–Kier alpha value is -1.49. The Labute approximate surface area is 92.1 Å². The van der Waals surface area contributed by atoms with Crippen molar-refractivity contribution in [2.45, 2.75) is 17.0 Å². The van der Waals surface area contributed by atoms with E-state index in [0.29, 0.717) is 5.22 Å². The van der Waals surface area contributed by atoms with Crippen LogP contribution >= 0.6 is 11.8 Å². The molecule has 0 unspecified atom stereocenters. The molecule has 78 valence electrons. The van der Waals surface area contributed by atoms with Crippen LogP contribution in [-0.2, 0) is 0 Å². The Morgan fingerprint density at radius 1 is 1.47 bits per heavy atom. The van der Waals surface area contributed by atoms with Crippen molar-refractivity contribution < 1.29 is 4.42 Å². The van der Waals surface area contributed by atoms with Gasteiger partial charge in [0, 0.05) is 18.1 Å². The number of pyridine rings is 1. The first-order chi connectivity index (χ1) is 7.28. The molecule has 2 rings (SSSR count). The lowest BCUT2D eigenvalue weighted by Gasteiger charge is -2.00. The number of hydrogen-bond donors (Lipinski definition) is 1. The average Bonchev–Trinajstić information content (AvgIpc) is 2.64. The third-order valence-electron chi connectivity index (χ3n) is 1.79. The van der Waals surface area contributed by atoms with Crippen LogP contribution in [-0.4, -0.2) is 17.0 Å². The zero-order valence-electron chi connectivity index (χ0n) is 8.52. The predicted octanol–water partition coefficient (Wildman–Crippen LogP) is 2.57. The maximum absolute atomic E-state index is 5.25. The van der Waals surface area contributed by atoms with Gasteiger partial charge in [-0.2, -0.15) is 0 Å². The zero-order chi connectivity index (χ0) is 10.7. The molecule has 2 heterocycles. The van der Waals surface area contributed by atoms with Crippen LogP contribution in [0.2, 0.25) is 0 Å². The Balaban J connectivity index is 2.16. The van der Waals surface area contributed by atoms with E-state index in [-0.39, 0.29) is 0 Å². The Morgan fingerprint density at radius 2 is 2.33 bits per heavy atom. The maximum Gasteiger partial charge on any atom is 0.260 e. The molecule has 0 aliphatic carbocycles. The van der Waals surface area contributed by atoms with E-state index in [9.17, 15) is 0 Å². The molecule has 5 heteroatoms. The minimum Gasteiger partial charge on any atom is -0.439 e. The summed E-state index contributed by atoms with van der Waals surface area (Å²) in [5.41, 5.74) is 0.889. The molecule has 2 aromatic rings. The van der Waals surface area contributed by atoms with Crippen molar-refractivity contribution in [1.82, 2.24) is 9.97 Å². The number of nitrogens with zero attached hydrogens (tertiary/aromatic N) is 2. The second-order valence-electron chi connectivity index (χ2n) is 2.98. The number of nitrogens with one attached hydrogen (secondary N) is 1. The molecule has 0 aliphatic rings. The van der Waals surface area contributed by atoms with Crippen LogP contribution in [0.1, 0.15) is 5.69 Å². The molecule has 0 amide bonds. The lowest BCUT2D eigenvalue weighted by atomic mass is 10.5. The molecule has 15 heavy (non-hydrogen) atoms. The minimum atomic E-state index is 0.653. The van der Waals surface area contributed by atoms with Crippen LogP contribution in [0.4, 0.5) is 5.82 Å². The number of anilines is 1. The van der Waals surface area contributed by atoms with Gasteiger partial charge in [0.25, 0.3) is 5.22 Å². The van der Waals surface area contributed by atoms with Crippen LogP contribution < -0.4 is 5.32 Å². The van der Waals surface area contributed by atoms with Gasteiger partial charge in [0.2, 0.25) is 0 Å². The third-order valence-corrected chi connectivity index (χ3v) is 2.64. The van der Waals surface area contributed by atoms with E-state index < -0.39 is 0 Å². The third kappa shape index (κ3) is 2.50. The SMILES string of the molecule is CNc1cc(Sc2nc(C)co2)ccn1. The first-order valence-corrected chi connectivity index (χ1v) is 5.33. The second-order valence-corrected chi connectivity index (χ2v) is 4.01. The fourth-order valence-electron chi connectivity index (χ4n) is 1.09. The topological polar surface area (TPSA) is 51.0 Å². The molecular formula is C10H11N3OS. The fourth-order valence-corrected chi connectivity index (χ4v) is 1.88. The monoisotopic (exact) mass is 221 g/mol. The lowest BCUT2D eigenvalue weighted by molar-refractivity contribution is 0.454. The highest BCUT2D eigenvalue weighted by Crippen LogP contribution is 2.27. The zero-order valence-corrected chi connectivity index (χ0v) is 9.34. The normalized spacial score (nSPS) is 10.3. The molecule has 1 N–H and O–H groups in total. The highest BCUT2D eigenvalue weighted by molar-refractivity contribution is 7.99. The van der Waals surface area contributed by atoms with Gasteiger partial charge in [-0.1, -0.05) is 0 Å². The summed E-state index contributed by atoms with van der Waals surface area (Å²) in [6, 6.07) is 3.87. The van der Waals surface area contributed by atoms with Crippen LogP contribution in [0.25, 0.3) is 0 Å². The van der Waals surface area contributed by atoms with Gasteiger partial charge in [-0.15, -0.1) is 0 Å². The summed E-state index contributed by atoms with van der Waals surface area (Å²) < 4.78 is 5.25. The summed E-state index contributed by atoms with van der Waals surface area (Å²) in [6.45, 7) is 1.90. The van der Waals surface area contributed by atoms with Crippen LogP contribution in [0.5, 0.6) is 0 Å². The van der Waals surface area contributed by atoms with Crippen molar-refractivity contribution in [2.24, 2.45) is 0 Å². The summed E-state index contributed by atoms with van der Waals surface area (Å²) in [5, 5.41) is 3.64. The van der Waals surface area contributed by atoms with Gasteiger partial charge >= 0.3 is 0 Å². The standard InChI is InChI=1S/C10H11N3OS/c1-7-6-14-10(13-7)15-8-3-4-12-9(5-8)11-2/h3-6H,1-2H3,(H,11,12). The van der Waals surface area contributed by atoms with Crippen molar-refractivity contribution in [1.29, 1.82) is 0 Å². The summed E-state index contributed by atoms with van der Waals surface area (Å²) in [5.74, 6) is 0.836. The average molecular weight is 221 g/mol. The Morgan fingerprint density at radius 3 is 3.00 bits per heavy atom. The summed E-state index contributed by atoms with van der Waals surface area (Å²) in [6.07, 6.45) is 3.40. The molecule has 0 saturated heterocycles. The molecule has 0 spiro atoms. The van der Waals surface area contributed by atoms with Gasteiger partial charge < -0.3 is 9.73 Å². The van der Waals surface area contributed by atoms with Crippen molar-refractivity contribution in [2.75, 3.05) is 12.4 Å². The van der Waals surface area contributed by atoms with Crippen molar-refractivity contribution >= 4 is 17.6 Å². The lowest BCUT2D eigenvalue weighted by Crippen LogP contribution is -1.90. The van der Waals surface area contributed by atoms with Gasteiger partial charge in [-0.25, -0.2) is 9.97 Å². The Bertz CT molecular complexity index is 455. The minimum absolute atomic E-state index is 0.653. The molecule has 0 saturated carbocycles. The van der Waals surface area contributed by atoms with E-state index in [0.717, 1.165) is 16.4 Å². The number of oxazole rings is 1. The van der Waals surface area contributed by atoms with E-state index in [4.69, 9.17) is 4.42 Å². The number of aryl methyl sites for hydroxylation is 1. The highest BCUT2D eigenvalue weighted by atomic mass is 32.2. The molecule has 0 aliphatic heterocycles. The van der Waals surface area contributed by atoms with Gasteiger partial charge in [0.15, 0.2) is 0 Å². The van der Waals surface area contributed by atoms with Gasteiger partial charge in [0.1, 0.15) is 12.1 Å². The molecule has 0 radical (unpaired) electrons. The summed E-state index contributed by atoms with van der Waals surface area (Å²) in [4.78, 5) is 9.40.